The van der Waals surface area contributed by atoms with Crippen LogP contribution in [0.2, 0.25) is 0 Å². The van der Waals surface area contributed by atoms with Crippen LogP contribution >= 0.6 is 0 Å². The summed E-state index contributed by atoms with van der Waals surface area (Å²) in [5, 5.41) is 7.00. The van der Waals surface area contributed by atoms with E-state index in [9.17, 15) is 0 Å². The molecule has 0 amide bonds. The zero-order valence-electron chi connectivity index (χ0n) is 34.9. The quantitative estimate of drug-likeness (QED) is 0.153. The van der Waals surface area contributed by atoms with Gasteiger partial charge < -0.3 is 9.32 Å². The third-order valence-electron chi connectivity index (χ3n) is 12.5. The van der Waals surface area contributed by atoms with Crippen LogP contribution < -0.4 is 4.90 Å². The number of aromatic nitrogens is 1. The van der Waals surface area contributed by atoms with E-state index in [1.54, 1.807) is 0 Å². The maximum Gasteiger partial charge on any atom is 0.227 e. The van der Waals surface area contributed by atoms with E-state index in [1.807, 2.05) is 6.07 Å². The van der Waals surface area contributed by atoms with Crippen molar-refractivity contribution in [1.82, 2.24) is 4.98 Å². The van der Waals surface area contributed by atoms with Gasteiger partial charge in [0.05, 0.1) is 0 Å². The van der Waals surface area contributed by atoms with Crippen molar-refractivity contribution < 1.29 is 4.42 Å². The van der Waals surface area contributed by atoms with Crippen LogP contribution in [0, 0.1) is 0 Å². The van der Waals surface area contributed by atoms with E-state index in [4.69, 9.17) is 9.40 Å². The number of fused-ring (bicyclic) bond motifs is 5. The second-order valence-electron chi connectivity index (χ2n) is 16.4. The fraction of sp³-hybridized carbons (Fsp3) is 0. The molecular formula is C61H40N2O. The summed E-state index contributed by atoms with van der Waals surface area (Å²) in [6.45, 7) is 0. The lowest BCUT2D eigenvalue weighted by Crippen LogP contribution is -2.09. The fourth-order valence-corrected chi connectivity index (χ4v) is 9.23. The van der Waals surface area contributed by atoms with Crippen molar-refractivity contribution in [3.8, 4) is 56.0 Å². The summed E-state index contributed by atoms with van der Waals surface area (Å²) >= 11 is 0. The molecule has 300 valence electrons. The van der Waals surface area contributed by atoms with Crippen molar-refractivity contribution >= 4 is 60.5 Å². The maximum atomic E-state index is 6.65. The standard InChI is InChI=1S/C61H40N2O/c1-3-13-41(14-4-1)42-25-29-46(30-26-42)61-62-59-58(40-49-16-8-10-23-57(49)60(59)64-61)50-32-28-44-27-31-47(37-51(44)38-50)43-33-35-53(36-34-43)63(52-19-5-2-6-20-52)54-21-11-18-48(39-54)56-24-12-17-45-15-7-9-22-55(45)56/h1-40H. The summed E-state index contributed by atoms with van der Waals surface area (Å²) in [6, 6.07) is 86.6. The SMILES string of the molecule is c1ccc(-c2ccc(-c3nc4c(-c5ccc6ccc(-c7ccc(N(c8ccccc8)c8cccc(-c9cccc%10ccccc9%10)c8)cc7)cc6c5)cc5ccccc5c4o3)cc2)cc1. The molecule has 0 radical (unpaired) electrons. The molecule has 0 unspecified atom stereocenters. The monoisotopic (exact) mass is 816 g/mol. The molecule has 12 rings (SSSR count). The van der Waals surface area contributed by atoms with Gasteiger partial charge in [-0.1, -0.05) is 176 Å². The highest BCUT2D eigenvalue weighted by atomic mass is 16.3. The lowest BCUT2D eigenvalue weighted by Gasteiger charge is -2.26. The third kappa shape index (κ3) is 6.77. The predicted octanol–water partition coefficient (Wildman–Crippen LogP) is 17.1. The van der Waals surface area contributed by atoms with Crippen molar-refractivity contribution in [2.45, 2.75) is 0 Å². The Morgan fingerprint density at radius 1 is 0.297 bits per heavy atom. The van der Waals surface area contributed by atoms with Crippen molar-refractivity contribution in [1.29, 1.82) is 0 Å². The second kappa shape index (κ2) is 15.7. The van der Waals surface area contributed by atoms with E-state index in [1.165, 1.54) is 32.8 Å². The third-order valence-corrected chi connectivity index (χ3v) is 12.5. The van der Waals surface area contributed by atoms with Crippen molar-refractivity contribution in [2.75, 3.05) is 4.90 Å². The zero-order valence-corrected chi connectivity index (χ0v) is 34.9. The molecule has 0 atom stereocenters. The van der Waals surface area contributed by atoms with Gasteiger partial charge in [-0.25, -0.2) is 4.98 Å². The number of nitrogens with zero attached hydrogens (tertiary/aromatic N) is 2. The lowest BCUT2D eigenvalue weighted by atomic mass is 9.95. The van der Waals surface area contributed by atoms with Crippen LogP contribution in [0.4, 0.5) is 17.1 Å². The van der Waals surface area contributed by atoms with Gasteiger partial charge in [0.1, 0.15) is 5.52 Å². The minimum Gasteiger partial charge on any atom is -0.435 e. The van der Waals surface area contributed by atoms with E-state index < -0.39 is 0 Å². The Morgan fingerprint density at radius 2 is 0.828 bits per heavy atom. The fourth-order valence-electron chi connectivity index (χ4n) is 9.23. The van der Waals surface area contributed by atoms with Crippen LogP contribution in [-0.4, -0.2) is 4.98 Å². The van der Waals surface area contributed by atoms with Crippen LogP contribution in [0.5, 0.6) is 0 Å². The summed E-state index contributed by atoms with van der Waals surface area (Å²) in [7, 11) is 0. The highest BCUT2D eigenvalue weighted by Crippen LogP contribution is 2.41. The van der Waals surface area contributed by atoms with Crippen LogP contribution in [0.25, 0.3) is 99.4 Å². The molecular weight excluding hydrogens is 777 g/mol. The molecule has 64 heavy (non-hydrogen) atoms. The number of rotatable bonds is 8. The van der Waals surface area contributed by atoms with Gasteiger partial charge in [-0.15, -0.1) is 0 Å². The van der Waals surface area contributed by atoms with Gasteiger partial charge in [0, 0.05) is 33.6 Å². The lowest BCUT2D eigenvalue weighted by molar-refractivity contribution is 0.623. The van der Waals surface area contributed by atoms with E-state index in [-0.39, 0.29) is 0 Å². The van der Waals surface area contributed by atoms with Crippen LogP contribution in [0.1, 0.15) is 0 Å². The van der Waals surface area contributed by atoms with Crippen LogP contribution in [0.15, 0.2) is 247 Å². The zero-order chi connectivity index (χ0) is 42.4. The molecule has 0 N–H and O–H groups in total. The maximum absolute atomic E-state index is 6.65. The second-order valence-corrected chi connectivity index (χ2v) is 16.4. The first-order chi connectivity index (χ1) is 31.7. The number of oxazole rings is 1. The molecule has 0 spiro atoms. The Morgan fingerprint density at radius 3 is 1.64 bits per heavy atom. The van der Waals surface area contributed by atoms with Crippen molar-refractivity contribution in [2.24, 2.45) is 0 Å². The summed E-state index contributed by atoms with van der Waals surface area (Å²) in [4.78, 5) is 7.52. The minimum atomic E-state index is 0.613. The van der Waals surface area contributed by atoms with Crippen LogP contribution in [0.3, 0.4) is 0 Å². The molecule has 0 aliphatic heterocycles. The average Bonchev–Trinajstić information content (AvgIpc) is 3.83. The first-order valence-corrected chi connectivity index (χ1v) is 21.8. The number of hydrogen-bond donors (Lipinski definition) is 0. The molecule has 0 aliphatic carbocycles. The van der Waals surface area contributed by atoms with Gasteiger partial charge in [0.2, 0.25) is 5.89 Å². The molecule has 3 nitrogen and oxygen atoms in total. The molecule has 11 aromatic carbocycles. The van der Waals surface area contributed by atoms with Gasteiger partial charge >= 0.3 is 0 Å². The number of benzene rings is 11. The predicted molar refractivity (Wildman–Crippen MR) is 268 cm³/mol. The van der Waals surface area contributed by atoms with Crippen LogP contribution in [-0.2, 0) is 0 Å². The first-order valence-electron chi connectivity index (χ1n) is 21.8. The molecule has 0 saturated heterocycles. The molecule has 0 aliphatic rings. The van der Waals surface area contributed by atoms with Crippen molar-refractivity contribution in [3.05, 3.63) is 243 Å². The number of anilines is 3. The Labute approximate surface area is 371 Å². The first kappa shape index (κ1) is 37.2. The molecule has 0 saturated carbocycles. The Kier molecular flexibility index (Phi) is 9.16. The van der Waals surface area contributed by atoms with Gasteiger partial charge in [0.15, 0.2) is 5.58 Å². The number of para-hydroxylation sites is 1. The Balaban J connectivity index is 0.895. The van der Waals surface area contributed by atoms with E-state index in [2.05, 4.69) is 241 Å². The van der Waals surface area contributed by atoms with Gasteiger partial charge in [0.25, 0.3) is 0 Å². The van der Waals surface area contributed by atoms with E-state index in [0.29, 0.717) is 5.89 Å². The highest BCUT2D eigenvalue weighted by molar-refractivity contribution is 6.11. The van der Waals surface area contributed by atoms with Gasteiger partial charge in [-0.3, -0.25) is 0 Å². The average molecular weight is 817 g/mol. The van der Waals surface area contributed by atoms with Gasteiger partial charge in [-0.05, 0) is 133 Å². The molecule has 3 heteroatoms. The normalized spacial score (nSPS) is 11.4. The largest absolute Gasteiger partial charge is 0.435 e. The van der Waals surface area contributed by atoms with Gasteiger partial charge in [-0.2, -0.15) is 0 Å². The molecule has 1 heterocycles. The molecule has 0 bridgehead atoms. The summed E-state index contributed by atoms with van der Waals surface area (Å²) < 4.78 is 6.65. The smallest absolute Gasteiger partial charge is 0.227 e. The topological polar surface area (TPSA) is 29.3 Å². The number of hydrogen-bond acceptors (Lipinski definition) is 3. The highest BCUT2D eigenvalue weighted by Gasteiger charge is 2.18. The molecule has 0 fully saturated rings. The Bertz CT molecular complexity index is 3640. The summed E-state index contributed by atoms with van der Waals surface area (Å²) in [6.07, 6.45) is 0. The summed E-state index contributed by atoms with van der Waals surface area (Å²) in [5.74, 6) is 0.613. The van der Waals surface area contributed by atoms with Crippen molar-refractivity contribution in [3.63, 3.8) is 0 Å². The van der Waals surface area contributed by atoms with E-state index >= 15 is 0 Å². The minimum absolute atomic E-state index is 0.613. The molecule has 1 aromatic heterocycles. The molecule has 12 aromatic rings. The summed E-state index contributed by atoms with van der Waals surface area (Å²) in [5.41, 5.74) is 15.1. The van der Waals surface area contributed by atoms with E-state index in [0.717, 1.165) is 77.7 Å². The Hall–Kier alpha value is -8.53.